The monoisotopic (exact) mass is 754 g/mol. The van der Waals surface area contributed by atoms with Gasteiger partial charge in [0, 0.05) is 28.9 Å². The predicted molar refractivity (Wildman–Crippen MR) is 209 cm³/mol. The lowest BCUT2D eigenvalue weighted by molar-refractivity contribution is -0.139. The lowest BCUT2D eigenvalue weighted by Crippen LogP contribution is -2.42. The number of aromatic nitrogens is 3. The number of methoxy groups -OCH3 is 1. The molecule has 2 atom stereocenters. The van der Waals surface area contributed by atoms with E-state index in [4.69, 9.17) is 18.8 Å². The van der Waals surface area contributed by atoms with Gasteiger partial charge in [-0.15, -0.1) is 0 Å². The average molecular weight is 755 g/mol. The zero-order chi connectivity index (χ0) is 39.5. The molecule has 4 N–H and O–H groups in total. The zero-order valence-electron chi connectivity index (χ0n) is 32.8. The molecule has 0 aliphatic carbocycles. The molecule has 5 rings (SSSR count). The van der Waals surface area contributed by atoms with Gasteiger partial charge in [-0.05, 0) is 93.5 Å². The third-order valence-electron chi connectivity index (χ3n) is 9.85. The van der Waals surface area contributed by atoms with E-state index in [1.807, 2.05) is 32.9 Å². The van der Waals surface area contributed by atoms with Crippen LogP contribution in [-0.4, -0.2) is 70.9 Å². The van der Waals surface area contributed by atoms with Crippen LogP contribution in [0.3, 0.4) is 0 Å². The minimum Gasteiger partial charge on any atom is -0.490 e. The van der Waals surface area contributed by atoms with Crippen LogP contribution >= 0.6 is 0 Å². The molecule has 13 heteroatoms. The first-order valence-corrected chi connectivity index (χ1v) is 19.2. The SMILES string of the molecule is COC(=O)C1=C(C)NC(C)=C(C(=O)OCCCCCCCCCCc2ccc(OC[C@@H](O)CNC(C)(C)C)c3cc(C#N)[nH]c23)[C@@H]1c1cccc2nonc12. The quantitative estimate of drug-likeness (QED) is 0.0568. The van der Waals surface area contributed by atoms with Crippen LogP contribution < -0.4 is 15.4 Å². The Balaban J connectivity index is 1.04. The van der Waals surface area contributed by atoms with Gasteiger partial charge in [0.05, 0.1) is 36.3 Å². The number of aliphatic hydroxyl groups excluding tert-OH is 1. The molecule has 0 radical (unpaired) electrons. The number of nitrogens with one attached hydrogen (secondary N) is 3. The molecule has 2 aromatic carbocycles. The summed E-state index contributed by atoms with van der Waals surface area (Å²) < 4.78 is 21.8. The summed E-state index contributed by atoms with van der Waals surface area (Å²) >= 11 is 0. The Morgan fingerprint density at radius 3 is 2.36 bits per heavy atom. The number of carbonyl (C=O) groups is 2. The molecule has 0 saturated carbocycles. The number of esters is 2. The fourth-order valence-electron chi connectivity index (χ4n) is 7.05. The number of hydrogen-bond acceptors (Lipinski definition) is 12. The molecular formula is C42H54N6O7. The molecule has 0 fully saturated rings. The van der Waals surface area contributed by atoms with E-state index in [2.05, 4.69) is 38.1 Å². The van der Waals surface area contributed by atoms with Crippen LogP contribution in [0.15, 0.2) is 63.6 Å². The van der Waals surface area contributed by atoms with Gasteiger partial charge < -0.3 is 34.9 Å². The summed E-state index contributed by atoms with van der Waals surface area (Å²) in [6.45, 7) is 10.6. The number of dihydropyridines is 1. The van der Waals surface area contributed by atoms with Gasteiger partial charge in [0.15, 0.2) is 0 Å². The first-order valence-electron chi connectivity index (χ1n) is 19.2. The summed E-state index contributed by atoms with van der Waals surface area (Å²) in [7, 11) is 1.31. The summed E-state index contributed by atoms with van der Waals surface area (Å²) in [4.78, 5) is 29.8. The van der Waals surface area contributed by atoms with E-state index in [0.717, 1.165) is 74.3 Å². The van der Waals surface area contributed by atoms with Crippen molar-refractivity contribution in [1.82, 2.24) is 25.9 Å². The molecule has 1 aliphatic rings. The first-order chi connectivity index (χ1) is 26.4. The number of fused-ring (bicyclic) bond motifs is 2. The van der Waals surface area contributed by atoms with Crippen molar-refractivity contribution in [1.29, 1.82) is 5.26 Å². The Kier molecular flexibility index (Phi) is 14.1. The maximum atomic E-state index is 13.6. The molecule has 3 heterocycles. The van der Waals surface area contributed by atoms with Gasteiger partial charge in [-0.2, -0.15) is 5.26 Å². The number of β-amino-alcohol motifs (C(OH)–C–C–N with tert-alkyl or cyclic N) is 1. The number of benzene rings is 2. The Hall–Kier alpha value is -5.19. The maximum absolute atomic E-state index is 13.6. The molecule has 1 aliphatic heterocycles. The number of carbonyl (C=O) groups excluding carboxylic acids is 2. The van der Waals surface area contributed by atoms with E-state index in [-0.39, 0.29) is 18.8 Å². The van der Waals surface area contributed by atoms with Gasteiger partial charge in [-0.25, -0.2) is 14.2 Å². The number of nitrogens with zero attached hydrogens (tertiary/aromatic N) is 3. The number of aromatic amines is 1. The van der Waals surface area contributed by atoms with E-state index in [1.54, 1.807) is 32.0 Å². The van der Waals surface area contributed by atoms with Crippen LogP contribution in [-0.2, 0) is 25.5 Å². The van der Waals surface area contributed by atoms with Crippen LogP contribution in [0.5, 0.6) is 5.75 Å². The second kappa shape index (κ2) is 18.9. The van der Waals surface area contributed by atoms with Crippen LogP contribution in [0.1, 0.15) is 109 Å². The van der Waals surface area contributed by atoms with Gasteiger partial charge in [0.2, 0.25) is 0 Å². The Labute approximate surface area is 322 Å². The molecule has 55 heavy (non-hydrogen) atoms. The number of unbranched alkanes of at least 4 members (excludes halogenated alkanes) is 7. The van der Waals surface area contributed by atoms with Crippen LogP contribution in [0.2, 0.25) is 0 Å². The Bertz CT molecular complexity index is 2070. The number of hydrogen-bond donors (Lipinski definition) is 4. The van der Waals surface area contributed by atoms with Crippen molar-refractivity contribution in [3.8, 4) is 11.8 Å². The molecule has 13 nitrogen and oxygen atoms in total. The summed E-state index contributed by atoms with van der Waals surface area (Å²) in [6.07, 6.45) is 8.43. The second-order valence-electron chi connectivity index (χ2n) is 15.2. The van der Waals surface area contributed by atoms with E-state index in [0.29, 0.717) is 57.1 Å². The summed E-state index contributed by atoms with van der Waals surface area (Å²) in [5.41, 5.74) is 5.86. The molecule has 0 amide bonds. The first kappa shape index (κ1) is 41.0. The molecular weight excluding hydrogens is 700 g/mol. The van der Waals surface area contributed by atoms with Crippen molar-refractivity contribution in [2.45, 2.75) is 110 Å². The number of ether oxygens (including phenoxy) is 3. The molecule has 0 saturated heterocycles. The highest BCUT2D eigenvalue weighted by Gasteiger charge is 2.39. The third-order valence-corrected chi connectivity index (χ3v) is 9.85. The number of rotatable bonds is 19. The van der Waals surface area contributed by atoms with Crippen molar-refractivity contribution in [2.24, 2.45) is 0 Å². The van der Waals surface area contributed by atoms with Crippen LogP contribution in [0.4, 0.5) is 0 Å². The Morgan fingerprint density at radius 1 is 0.982 bits per heavy atom. The van der Waals surface area contributed by atoms with E-state index in [1.165, 1.54) is 7.11 Å². The van der Waals surface area contributed by atoms with Gasteiger partial charge in [-0.1, -0.05) is 56.7 Å². The molecule has 294 valence electrons. The molecule has 0 unspecified atom stereocenters. The molecule has 2 aromatic heterocycles. The fraction of sp³-hybridized carbons (Fsp3) is 0.500. The molecule has 0 spiro atoms. The average Bonchev–Trinajstić information content (AvgIpc) is 3.83. The largest absolute Gasteiger partial charge is 0.490 e. The van der Waals surface area contributed by atoms with Crippen molar-refractivity contribution >= 4 is 33.9 Å². The minimum absolute atomic E-state index is 0.0956. The van der Waals surface area contributed by atoms with Crippen molar-refractivity contribution in [3.63, 3.8) is 0 Å². The smallest absolute Gasteiger partial charge is 0.336 e. The molecule has 4 aromatic rings. The number of H-pyrrole nitrogens is 1. The topological polar surface area (TPSA) is 185 Å². The zero-order valence-corrected chi connectivity index (χ0v) is 32.8. The lowest BCUT2D eigenvalue weighted by atomic mass is 9.80. The number of aryl methyl sites for hydroxylation is 1. The summed E-state index contributed by atoms with van der Waals surface area (Å²) in [5, 5.41) is 35.2. The van der Waals surface area contributed by atoms with Gasteiger partial charge in [-0.3, -0.25) is 0 Å². The van der Waals surface area contributed by atoms with E-state index >= 15 is 0 Å². The van der Waals surface area contributed by atoms with Crippen LogP contribution in [0.25, 0.3) is 21.9 Å². The van der Waals surface area contributed by atoms with Gasteiger partial charge in [0.25, 0.3) is 0 Å². The molecule has 0 bridgehead atoms. The van der Waals surface area contributed by atoms with E-state index < -0.39 is 24.0 Å². The normalized spacial score (nSPS) is 15.3. The maximum Gasteiger partial charge on any atom is 0.336 e. The second-order valence-corrected chi connectivity index (χ2v) is 15.2. The van der Waals surface area contributed by atoms with E-state index in [9.17, 15) is 20.0 Å². The third kappa shape index (κ3) is 10.5. The highest BCUT2D eigenvalue weighted by molar-refractivity contribution is 6.01. The van der Waals surface area contributed by atoms with Crippen LogP contribution in [0, 0.1) is 11.3 Å². The summed E-state index contributed by atoms with van der Waals surface area (Å²) in [5.74, 6) is -1.16. The number of aliphatic hydroxyl groups is 1. The highest BCUT2D eigenvalue weighted by Crippen LogP contribution is 2.41. The lowest BCUT2D eigenvalue weighted by Gasteiger charge is -2.30. The van der Waals surface area contributed by atoms with Crippen molar-refractivity contribution < 1.29 is 33.5 Å². The highest BCUT2D eigenvalue weighted by atomic mass is 16.6. The van der Waals surface area contributed by atoms with Crippen molar-refractivity contribution in [2.75, 3.05) is 26.9 Å². The minimum atomic E-state index is -0.764. The van der Waals surface area contributed by atoms with Gasteiger partial charge in [0.1, 0.15) is 41.3 Å². The fourth-order valence-corrected chi connectivity index (χ4v) is 7.05. The van der Waals surface area contributed by atoms with Gasteiger partial charge >= 0.3 is 11.9 Å². The Morgan fingerprint density at radius 2 is 1.67 bits per heavy atom. The summed E-state index contributed by atoms with van der Waals surface area (Å²) in [6, 6.07) is 13.4. The number of allylic oxidation sites excluding steroid dienone is 2. The van der Waals surface area contributed by atoms with Crippen molar-refractivity contribution in [3.05, 3.63) is 75.8 Å². The number of nitriles is 1. The predicted octanol–water partition coefficient (Wildman–Crippen LogP) is 7.02. The standard InChI is InChI=1S/C42H54N6O7/c1-26-35(40(50)52-6)37(31-17-15-18-33-39(31)48-55-47-33)36(27(2)45-26)41(51)53-21-14-12-10-8-7-9-11-13-16-28-19-20-34(32-22-29(23-43)46-38(28)32)54-25-30(49)24-44-42(3,4)5/h15,17-20,22,30,37,44-46,49H,7-14,16,21,24-25H2,1-6H3/t30-,37+/m0/s1.